The number of hydrogen-bond acceptors (Lipinski definition) is 6. The third-order valence-corrected chi connectivity index (χ3v) is 5.29. The van der Waals surface area contributed by atoms with Crippen molar-refractivity contribution in [1.82, 2.24) is 10.2 Å². The van der Waals surface area contributed by atoms with Crippen LogP contribution in [-0.4, -0.2) is 21.9 Å². The number of thioether (sulfide) groups is 1. The Bertz CT molecular complexity index is 1000. The van der Waals surface area contributed by atoms with Crippen LogP contribution in [0.25, 0.3) is 0 Å². The van der Waals surface area contributed by atoms with Crippen molar-refractivity contribution in [2.45, 2.75) is 45.9 Å². The van der Waals surface area contributed by atoms with E-state index in [1.165, 1.54) is 11.8 Å². The lowest BCUT2D eigenvalue weighted by Gasteiger charge is -2.12. The standard InChI is InChI=1S/C22H25N3O3S/c1-5-17-8-6-7-16(4)21(17)23-19(26)13-29-22-25-24-20(28-22)12-27-18-11-14(2)9-10-15(18)3/h6-11H,5,12-13H2,1-4H3,(H,23,26). The SMILES string of the molecule is CCc1cccc(C)c1NC(=O)CSc1nnc(COc2cc(C)ccc2C)o1. The van der Waals surface area contributed by atoms with Crippen molar-refractivity contribution in [1.29, 1.82) is 0 Å². The molecule has 6 nitrogen and oxygen atoms in total. The highest BCUT2D eigenvalue weighted by Gasteiger charge is 2.13. The lowest BCUT2D eigenvalue weighted by Crippen LogP contribution is -2.16. The number of aromatic nitrogens is 2. The monoisotopic (exact) mass is 411 g/mol. The van der Waals surface area contributed by atoms with E-state index in [2.05, 4.69) is 22.4 Å². The molecule has 7 heteroatoms. The van der Waals surface area contributed by atoms with Crippen molar-refractivity contribution in [3.63, 3.8) is 0 Å². The molecular formula is C22H25N3O3S. The number of nitrogens with one attached hydrogen (secondary N) is 1. The first-order valence-electron chi connectivity index (χ1n) is 9.50. The van der Waals surface area contributed by atoms with Crippen LogP contribution in [0.15, 0.2) is 46.0 Å². The molecule has 0 aliphatic heterocycles. The van der Waals surface area contributed by atoms with E-state index in [0.717, 1.165) is 40.1 Å². The number of aryl methyl sites for hydroxylation is 4. The van der Waals surface area contributed by atoms with Gasteiger partial charge in [0.05, 0.1) is 5.75 Å². The topological polar surface area (TPSA) is 77.2 Å². The number of anilines is 1. The number of nitrogens with zero attached hydrogens (tertiary/aromatic N) is 2. The second-order valence-corrected chi connectivity index (χ2v) is 7.75. The van der Waals surface area contributed by atoms with Gasteiger partial charge in [-0.2, -0.15) is 0 Å². The minimum absolute atomic E-state index is 0.106. The fourth-order valence-corrected chi connectivity index (χ4v) is 3.44. The highest BCUT2D eigenvalue weighted by atomic mass is 32.2. The minimum Gasteiger partial charge on any atom is -0.484 e. The molecule has 0 saturated heterocycles. The summed E-state index contributed by atoms with van der Waals surface area (Å²) in [5, 5.41) is 11.3. The van der Waals surface area contributed by atoms with E-state index >= 15 is 0 Å². The van der Waals surface area contributed by atoms with Crippen molar-refractivity contribution in [3.8, 4) is 5.75 Å². The van der Waals surface area contributed by atoms with Gasteiger partial charge in [-0.15, -0.1) is 10.2 Å². The molecule has 0 saturated carbocycles. The number of benzene rings is 2. The molecule has 3 aromatic rings. The van der Waals surface area contributed by atoms with Crippen LogP contribution in [0.5, 0.6) is 5.75 Å². The van der Waals surface area contributed by atoms with E-state index < -0.39 is 0 Å². The summed E-state index contributed by atoms with van der Waals surface area (Å²) in [5.41, 5.74) is 5.22. The Balaban J connectivity index is 1.53. The normalized spacial score (nSPS) is 10.8. The van der Waals surface area contributed by atoms with E-state index in [0.29, 0.717) is 11.1 Å². The van der Waals surface area contributed by atoms with Crippen molar-refractivity contribution >= 4 is 23.4 Å². The molecule has 2 aromatic carbocycles. The van der Waals surface area contributed by atoms with Crippen molar-refractivity contribution in [2.24, 2.45) is 0 Å². The molecule has 0 fully saturated rings. The zero-order valence-electron chi connectivity index (χ0n) is 17.1. The maximum absolute atomic E-state index is 12.3. The first kappa shape index (κ1) is 20.9. The molecule has 1 N–H and O–H groups in total. The summed E-state index contributed by atoms with van der Waals surface area (Å²) in [7, 11) is 0. The van der Waals surface area contributed by atoms with E-state index in [-0.39, 0.29) is 18.3 Å². The maximum Gasteiger partial charge on any atom is 0.277 e. The molecule has 0 aliphatic carbocycles. The average molecular weight is 412 g/mol. The van der Waals surface area contributed by atoms with Crippen LogP contribution in [-0.2, 0) is 17.8 Å². The number of carbonyl (C=O) groups excluding carboxylic acids is 1. The number of hydrogen-bond donors (Lipinski definition) is 1. The lowest BCUT2D eigenvalue weighted by atomic mass is 10.1. The summed E-state index contributed by atoms with van der Waals surface area (Å²) in [4.78, 5) is 12.3. The highest BCUT2D eigenvalue weighted by molar-refractivity contribution is 7.99. The molecule has 3 rings (SSSR count). The Hall–Kier alpha value is -2.80. The number of carbonyl (C=O) groups is 1. The second kappa shape index (κ2) is 9.60. The molecule has 152 valence electrons. The third-order valence-electron chi connectivity index (χ3n) is 4.47. The Labute approximate surface area is 175 Å². The zero-order valence-corrected chi connectivity index (χ0v) is 17.9. The van der Waals surface area contributed by atoms with Crippen LogP contribution in [0.1, 0.15) is 35.1 Å². The number of rotatable bonds is 8. The Morgan fingerprint density at radius 3 is 2.76 bits per heavy atom. The predicted octanol–water partition coefficient (Wildman–Crippen LogP) is 4.87. The summed E-state index contributed by atoms with van der Waals surface area (Å²) in [6, 6.07) is 12.0. The van der Waals surface area contributed by atoms with E-state index in [4.69, 9.17) is 9.15 Å². The van der Waals surface area contributed by atoms with Crippen LogP contribution >= 0.6 is 11.8 Å². The highest BCUT2D eigenvalue weighted by Crippen LogP contribution is 2.23. The molecule has 0 bridgehead atoms. The van der Waals surface area contributed by atoms with E-state index in [9.17, 15) is 4.79 Å². The third kappa shape index (κ3) is 5.60. The summed E-state index contributed by atoms with van der Waals surface area (Å²) < 4.78 is 11.4. The molecule has 0 radical (unpaired) electrons. The van der Waals surface area contributed by atoms with Gasteiger partial charge in [-0.25, -0.2) is 0 Å². The minimum atomic E-state index is -0.106. The summed E-state index contributed by atoms with van der Waals surface area (Å²) in [6.07, 6.45) is 0.859. The smallest absolute Gasteiger partial charge is 0.277 e. The summed E-state index contributed by atoms with van der Waals surface area (Å²) in [5.74, 6) is 1.25. The summed E-state index contributed by atoms with van der Waals surface area (Å²) in [6.45, 7) is 8.24. The van der Waals surface area contributed by atoms with Crippen LogP contribution in [0.2, 0.25) is 0 Å². The molecular weight excluding hydrogens is 386 g/mol. The van der Waals surface area contributed by atoms with E-state index in [1.807, 2.05) is 57.2 Å². The number of amides is 1. The average Bonchev–Trinajstić information content (AvgIpc) is 3.16. The van der Waals surface area contributed by atoms with Gasteiger partial charge in [-0.1, -0.05) is 49.0 Å². The predicted molar refractivity (Wildman–Crippen MR) is 114 cm³/mol. The van der Waals surface area contributed by atoms with Crippen LogP contribution in [0.4, 0.5) is 5.69 Å². The van der Waals surface area contributed by atoms with Gasteiger partial charge in [0.2, 0.25) is 5.91 Å². The molecule has 29 heavy (non-hydrogen) atoms. The first-order chi connectivity index (χ1) is 14.0. The molecule has 0 atom stereocenters. The Kier molecular flexibility index (Phi) is 6.93. The first-order valence-corrected chi connectivity index (χ1v) is 10.5. The molecule has 1 heterocycles. The van der Waals surface area contributed by atoms with Gasteiger partial charge < -0.3 is 14.5 Å². The van der Waals surface area contributed by atoms with Crippen LogP contribution in [0.3, 0.4) is 0 Å². The largest absolute Gasteiger partial charge is 0.484 e. The molecule has 0 aliphatic rings. The molecule has 1 amide bonds. The number of ether oxygens (including phenoxy) is 1. The Morgan fingerprint density at radius 1 is 1.14 bits per heavy atom. The van der Waals surface area contributed by atoms with Gasteiger partial charge in [0.15, 0.2) is 6.61 Å². The van der Waals surface area contributed by atoms with Gasteiger partial charge in [-0.3, -0.25) is 4.79 Å². The van der Waals surface area contributed by atoms with Gasteiger partial charge in [0.25, 0.3) is 11.1 Å². The van der Waals surface area contributed by atoms with E-state index in [1.54, 1.807) is 0 Å². The Morgan fingerprint density at radius 2 is 1.97 bits per heavy atom. The molecule has 0 spiro atoms. The molecule has 0 unspecified atom stereocenters. The van der Waals surface area contributed by atoms with Gasteiger partial charge in [0.1, 0.15) is 5.75 Å². The van der Waals surface area contributed by atoms with Crippen molar-refractivity contribution in [2.75, 3.05) is 11.1 Å². The van der Waals surface area contributed by atoms with Gasteiger partial charge in [-0.05, 0) is 55.5 Å². The number of para-hydroxylation sites is 1. The second-order valence-electron chi connectivity index (χ2n) is 6.82. The lowest BCUT2D eigenvalue weighted by molar-refractivity contribution is -0.113. The fourth-order valence-electron chi connectivity index (χ4n) is 2.86. The van der Waals surface area contributed by atoms with Crippen molar-refractivity contribution in [3.05, 3.63) is 64.5 Å². The van der Waals surface area contributed by atoms with Crippen LogP contribution < -0.4 is 10.1 Å². The van der Waals surface area contributed by atoms with Crippen LogP contribution in [0, 0.1) is 20.8 Å². The fraction of sp³-hybridized carbons (Fsp3) is 0.318. The summed E-state index contributed by atoms with van der Waals surface area (Å²) >= 11 is 1.21. The van der Waals surface area contributed by atoms with Crippen molar-refractivity contribution < 1.29 is 13.9 Å². The van der Waals surface area contributed by atoms with Gasteiger partial charge >= 0.3 is 0 Å². The zero-order chi connectivity index (χ0) is 20.8. The molecule has 1 aromatic heterocycles. The quantitative estimate of drug-likeness (QED) is 0.533. The van der Waals surface area contributed by atoms with Gasteiger partial charge in [0, 0.05) is 5.69 Å². The maximum atomic E-state index is 12.3.